The van der Waals surface area contributed by atoms with Gasteiger partial charge < -0.3 is 10.0 Å². The molecule has 0 heterocycles. The van der Waals surface area contributed by atoms with Gasteiger partial charge >= 0.3 is 7.12 Å². The molecule has 0 atom stereocenters. The van der Waals surface area contributed by atoms with Gasteiger partial charge in [-0.2, -0.15) is 0 Å². The van der Waals surface area contributed by atoms with Crippen molar-refractivity contribution in [3.8, 4) is 22.3 Å². The van der Waals surface area contributed by atoms with Gasteiger partial charge in [-0.25, -0.2) is 0 Å². The van der Waals surface area contributed by atoms with Crippen LogP contribution in [0.1, 0.15) is 38.9 Å². The molecule has 2 nitrogen and oxygen atoms in total. The molecule has 2 N–H and O–H groups in total. The van der Waals surface area contributed by atoms with E-state index in [-0.39, 0.29) is 0 Å². The van der Waals surface area contributed by atoms with Gasteiger partial charge in [0.25, 0.3) is 0 Å². The van der Waals surface area contributed by atoms with Crippen LogP contribution in [0.25, 0.3) is 22.3 Å². The first-order valence-electron chi connectivity index (χ1n) is 14.0. The Bertz CT molecular complexity index is 1490. The molecule has 0 aliphatic heterocycles. The van der Waals surface area contributed by atoms with Crippen LogP contribution in [0.2, 0.25) is 0 Å². The predicted molar refractivity (Wildman–Crippen MR) is 189 cm³/mol. The normalized spacial score (nSPS) is 10.3. The van der Waals surface area contributed by atoms with Crippen molar-refractivity contribution in [2.45, 2.75) is 48.5 Å². The van der Waals surface area contributed by atoms with E-state index < -0.39 is 7.12 Å². The first-order valence-corrected chi connectivity index (χ1v) is 15.5. The van der Waals surface area contributed by atoms with E-state index >= 15 is 0 Å². The van der Waals surface area contributed by atoms with Gasteiger partial charge in [-0.15, -0.1) is 0 Å². The third-order valence-electron chi connectivity index (χ3n) is 7.11. The van der Waals surface area contributed by atoms with E-state index in [1.807, 2.05) is 19.1 Å². The number of benzene rings is 5. The maximum Gasteiger partial charge on any atom is 0.488 e. The van der Waals surface area contributed by atoms with Crippen LogP contribution in [0.15, 0.2) is 106 Å². The average molecular weight is 686 g/mol. The Morgan fingerprint density at radius 2 is 0.738 bits per heavy atom. The maximum absolute atomic E-state index is 8.67. The third-order valence-corrected chi connectivity index (χ3v) is 8.82. The average Bonchev–Trinajstić information content (AvgIpc) is 2.95. The molecule has 42 heavy (non-hydrogen) atoms. The molecule has 5 aromatic rings. The van der Waals surface area contributed by atoms with Gasteiger partial charge in [-0.05, 0) is 111 Å². The standard InChI is InChI=1S/C22H22.C8H8Br2.C7H9BO2/c1-15-5-9-19(10-6-15)21-13-18(4)22(14-17(21)3)20-11-7-16(2)8-12-20;1-5-3-8(10)6(2)4-7(5)9;1-6-2-4-7(5-3-6)8(9)10/h5-14H,1-4H3;3-4H,1-2H3;2-5,9-10H,1H3. The molecule has 0 radical (unpaired) electrons. The summed E-state index contributed by atoms with van der Waals surface area (Å²) in [5, 5.41) is 17.3. The highest BCUT2D eigenvalue weighted by atomic mass is 79.9. The van der Waals surface area contributed by atoms with Crippen molar-refractivity contribution in [1.29, 1.82) is 0 Å². The van der Waals surface area contributed by atoms with Crippen LogP contribution in [-0.4, -0.2) is 17.2 Å². The monoisotopic (exact) mass is 684 g/mol. The van der Waals surface area contributed by atoms with Crippen molar-refractivity contribution in [2.75, 3.05) is 0 Å². The molecule has 0 aliphatic rings. The molecule has 0 saturated carbocycles. The van der Waals surface area contributed by atoms with E-state index in [2.05, 4.69) is 146 Å². The van der Waals surface area contributed by atoms with E-state index in [9.17, 15) is 0 Å². The lowest BCUT2D eigenvalue weighted by molar-refractivity contribution is 0.426. The van der Waals surface area contributed by atoms with Crippen LogP contribution in [0, 0.1) is 48.5 Å². The van der Waals surface area contributed by atoms with E-state index in [1.165, 1.54) is 64.6 Å². The van der Waals surface area contributed by atoms with Crippen molar-refractivity contribution in [3.63, 3.8) is 0 Å². The Balaban J connectivity index is 0.000000201. The summed E-state index contributed by atoms with van der Waals surface area (Å²) >= 11 is 6.92. The summed E-state index contributed by atoms with van der Waals surface area (Å²) in [6.45, 7) is 14.8. The summed E-state index contributed by atoms with van der Waals surface area (Å²) in [7, 11) is -1.35. The SMILES string of the molecule is Cc1cc(Br)c(C)cc1Br.Cc1ccc(-c2cc(C)c(-c3ccc(C)cc3)cc2C)cc1.Cc1ccc(B(O)O)cc1. The van der Waals surface area contributed by atoms with Gasteiger partial charge in [0.15, 0.2) is 0 Å². The fraction of sp³-hybridized carbons (Fsp3) is 0.189. The van der Waals surface area contributed by atoms with Gasteiger partial charge in [0.2, 0.25) is 0 Å². The molecule has 216 valence electrons. The second-order valence-electron chi connectivity index (χ2n) is 10.8. The Morgan fingerprint density at radius 1 is 0.429 bits per heavy atom. The predicted octanol–water partition coefficient (Wildman–Crippen LogP) is 9.76. The van der Waals surface area contributed by atoms with Crippen LogP contribution in [0.3, 0.4) is 0 Å². The fourth-order valence-corrected chi connectivity index (χ4v) is 5.30. The summed E-state index contributed by atoms with van der Waals surface area (Å²) in [5.41, 5.74) is 14.7. The van der Waals surface area contributed by atoms with Gasteiger partial charge in [-0.1, -0.05) is 133 Å². The minimum absolute atomic E-state index is 0.533. The van der Waals surface area contributed by atoms with Gasteiger partial charge in [0.05, 0.1) is 0 Å². The minimum atomic E-state index is -1.35. The van der Waals surface area contributed by atoms with Crippen LogP contribution < -0.4 is 5.46 Å². The zero-order chi connectivity index (χ0) is 31.0. The first kappa shape index (κ1) is 33.5. The van der Waals surface area contributed by atoms with E-state index in [0.717, 1.165) is 5.56 Å². The van der Waals surface area contributed by atoms with Crippen molar-refractivity contribution in [3.05, 3.63) is 145 Å². The zero-order valence-corrected chi connectivity index (χ0v) is 28.6. The molecule has 0 saturated heterocycles. The first-order chi connectivity index (χ1) is 19.8. The molecule has 5 heteroatoms. The van der Waals surface area contributed by atoms with E-state index in [0.29, 0.717) is 5.46 Å². The Morgan fingerprint density at radius 3 is 1.05 bits per heavy atom. The Hall–Kier alpha value is -2.96. The van der Waals surface area contributed by atoms with Crippen LogP contribution >= 0.6 is 31.9 Å². The summed E-state index contributed by atoms with van der Waals surface area (Å²) in [5.74, 6) is 0. The third kappa shape index (κ3) is 9.54. The molecule has 0 unspecified atom stereocenters. The summed E-state index contributed by atoms with van der Waals surface area (Å²) in [6, 6.07) is 33.5. The molecular weight excluding hydrogens is 647 g/mol. The highest BCUT2D eigenvalue weighted by molar-refractivity contribution is 9.11. The topological polar surface area (TPSA) is 40.5 Å². The highest BCUT2D eigenvalue weighted by Gasteiger charge is 2.09. The summed E-state index contributed by atoms with van der Waals surface area (Å²) in [4.78, 5) is 0. The highest BCUT2D eigenvalue weighted by Crippen LogP contribution is 2.32. The van der Waals surface area contributed by atoms with Crippen LogP contribution in [0.4, 0.5) is 0 Å². The molecule has 0 aliphatic carbocycles. The summed E-state index contributed by atoms with van der Waals surface area (Å²) in [6.07, 6.45) is 0. The second kappa shape index (κ2) is 15.5. The quantitative estimate of drug-likeness (QED) is 0.186. The van der Waals surface area contributed by atoms with Crippen LogP contribution in [-0.2, 0) is 0 Å². The van der Waals surface area contributed by atoms with E-state index in [4.69, 9.17) is 10.0 Å². The number of halogens is 2. The lowest BCUT2D eigenvalue weighted by Gasteiger charge is -2.13. The van der Waals surface area contributed by atoms with Crippen molar-refractivity contribution < 1.29 is 10.0 Å². The lowest BCUT2D eigenvalue weighted by Crippen LogP contribution is -2.29. The fourth-order valence-electron chi connectivity index (χ4n) is 4.39. The molecule has 0 amide bonds. The van der Waals surface area contributed by atoms with Gasteiger partial charge in [0, 0.05) is 8.95 Å². The number of hydrogen-bond donors (Lipinski definition) is 2. The molecule has 0 aromatic heterocycles. The zero-order valence-electron chi connectivity index (χ0n) is 25.5. The number of aryl methyl sites for hydroxylation is 7. The largest absolute Gasteiger partial charge is 0.488 e. The maximum atomic E-state index is 8.67. The van der Waals surface area contributed by atoms with Crippen LogP contribution in [0.5, 0.6) is 0 Å². The molecule has 0 fully saturated rings. The Labute approximate surface area is 268 Å². The molecule has 0 spiro atoms. The minimum Gasteiger partial charge on any atom is -0.423 e. The van der Waals surface area contributed by atoms with Crippen molar-refractivity contribution in [1.82, 2.24) is 0 Å². The van der Waals surface area contributed by atoms with Gasteiger partial charge in [0.1, 0.15) is 0 Å². The van der Waals surface area contributed by atoms with Crippen molar-refractivity contribution in [2.24, 2.45) is 0 Å². The Kier molecular flexibility index (Phi) is 12.4. The van der Waals surface area contributed by atoms with Gasteiger partial charge in [-0.3, -0.25) is 0 Å². The smallest absolute Gasteiger partial charge is 0.423 e. The van der Waals surface area contributed by atoms with Crippen molar-refractivity contribution >= 4 is 44.4 Å². The number of hydrogen-bond acceptors (Lipinski definition) is 2. The van der Waals surface area contributed by atoms with E-state index in [1.54, 1.807) is 12.1 Å². The number of rotatable bonds is 3. The summed E-state index contributed by atoms with van der Waals surface area (Å²) < 4.78 is 2.35. The molecule has 5 aromatic carbocycles. The molecular formula is C37H39BBr2O2. The molecule has 0 bridgehead atoms. The lowest BCUT2D eigenvalue weighted by atomic mass is 9.80. The molecule has 5 rings (SSSR count). The second-order valence-corrected chi connectivity index (χ2v) is 12.6.